The third-order valence-corrected chi connectivity index (χ3v) is 5.50. The molecule has 1 amide bonds. The van der Waals surface area contributed by atoms with Crippen LogP contribution in [0.1, 0.15) is 27.8 Å². The van der Waals surface area contributed by atoms with Crippen LogP contribution < -0.4 is 10.5 Å². The summed E-state index contributed by atoms with van der Waals surface area (Å²) in [6.45, 7) is 0. The topological polar surface area (TPSA) is 133 Å². The summed E-state index contributed by atoms with van der Waals surface area (Å²) in [7, 11) is 3.09. The van der Waals surface area contributed by atoms with E-state index in [1.807, 2.05) is 30.3 Å². The van der Waals surface area contributed by atoms with Crippen LogP contribution in [0.4, 0.5) is 0 Å². The van der Waals surface area contributed by atoms with Gasteiger partial charge >= 0.3 is 0 Å². The summed E-state index contributed by atoms with van der Waals surface area (Å²) < 4.78 is 12.3. The molecule has 1 unspecified atom stereocenters. The van der Waals surface area contributed by atoms with Crippen molar-refractivity contribution in [2.24, 2.45) is 5.73 Å². The number of methoxy groups -OCH3 is 2. The van der Waals surface area contributed by atoms with Crippen LogP contribution in [-0.2, 0) is 11.2 Å². The van der Waals surface area contributed by atoms with Gasteiger partial charge in [0.25, 0.3) is 5.91 Å². The van der Waals surface area contributed by atoms with E-state index in [0.717, 1.165) is 5.56 Å². The molecular weight excluding hydrogens is 436 g/mol. The average Bonchev–Trinajstić information content (AvgIpc) is 3.29. The van der Waals surface area contributed by atoms with Gasteiger partial charge < -0.3 is 25.4 Å². The molecule has 3 aromatic carbocycles. The normalized spacial score (nSPS) is 11.8. The Bertz CT molecular complexity index is 1300. The van der Waals surface area contributed by atoms with Crippen LogP contribution in [0.5, 0.6) is 17.2 Å². The third-order valence-electron chi connectivity index (χ3n) is 5.50. The lowest BCUT2D eigenvalue weighted by Crippen LogP contribution is -2.18. The maximum absolute atomic E-state index is 12.1. The van der Waals surface area contributed by atoms with Gasteiger partial charge in [-0.25, -0.2) is 0 Å². The van der Waals surface area contributed by atoms with Gasteiger partial charge in [-0.05, 0) is 35.9 Å². The summed E-state index contributed by atoms with van der Waals surface area (Å²) in [5.74, 6) is -0.470. The van der Waals surface area contributed by atoms with Crippen LogP contribution in [0.3, 0.4) is 0 Å². The Morgan fingerprint density at radius 1 is 1.00 bits per heavy atom. The van der Waals surface area contributed by atoms with Gasteiger partial charge in [-0.3, -0.25) is 9.36 Å². The maximum Gasteiger partial charge on any atom is 0.287 e. The van der Waals surface area contributed by atoms with Gasteiger partial charge in [-0.15, -0.1) is 10.2 Å². The number of aromatic hydroxyl groups is 2. The van der Waals surface area contributed by atoms with Gasteiger partial charge in [-0.1, -0.05) is 30.3 Å². The van der Waals surface area contributed by atoms with Crippen molar-refractivity contribution in [2.75, 3.05) is 14.2 Å². The zero-order chi connectivity index (χ0) is 24.2. The Labute approximate surface area is 196 Å². The van der Waals surface area contributed by atoms with Crippen molar-refractivity contribution in [1.82, 2.24) is 14.8 Å². The van der Waals surface area contributed by atoms with E-state index in [-0.39, 0.29) is 28.7 Å². The number of benzene rings is 3. The standard InChI is InChI=1S/C25H24N4O5/c1-33-17-10-8-16(9-11-17)29-24(27-28-25(29)23(26)32)19-13-18(20(30)14-21(19)31)22(34-2)12-15-6-4-3-5-7-15/h3-11,13-14,22,30-31H,12H2,1-2H3,(H2,26,32). The third kappa shape index (κ3) is 4.41. The van der Waals surface area contributed by atoms with Crippen molar-refractivity contribution in [3.8, 4) is 34.3 Å². The number of phenols is 2. The van der Waals surface area contributed by atoms with Crippen molar-refractivity contribution in [3.05, 3.63) is 83.7 Å². The Morgan fingerprint density at radius 2 is 1.71 bits per heavy atom. The predicted octanol–water partition coefficient (Wildman–Crippen LogP) is 3.38. The number of carbonyl (C=O) groups excluding carboxylic acids is 1. The van der Waals surface area contributed by atoms with E-state index in [1.54, 1.807) is 44.6 Å². The molecule has 1 heterocycles. The number of primary amides is 1. The molecule has 0 spiro atoms. The first-order valence-corrected chi connectivity index (χ1v) is 10.5. The van der Waals surface area contributed by atoms with Crippen molar-refractivity contribution < 1.29 is 24.5 Å². The van der Waals surface area contributed by atoms with E-state index >= 15 is 0 Å². The fourth-order valence-electron chi connectivity index (χ4n) is 3.77. The van der Waals surface area contributed by atoms with E-state index in [1.165, 1.54) is 10.6 Å². The summed E-state index contributed by atoms with van der Waals surface area (Å²) in [6, 6.07) is 19.3. The second kappa shape index (κ2) is 9.63. The molecule has 0 saturated heterocycles. The highest BCUT2D eigenvalue weighted by atomic mass is 16.5. The molecule has 4 aromatic rings. The number of phenolic OH excluding ortho intramolecular Hbond substituents is 2. The monoisotopic (exact) mass is 460 g/mol. The Kier molecular flexibility index (Phi) is 6.46. The van der Waals surface area contributed by atoms with Gasteiger partial charge in [-0.2, -0.15) is 0 Å². The lowest BCUT2D eigenvalue weighted by Gasteiger charge is -2.19. The molecule has 4 N–H and O–H groups in total. The number of ether oxygens (including phenoxy) is 2. The number of hydrogen-bond acceptors (Lipinski definition) is 7. The fraction of sp³-hybridized carbons (Fsp3) is 0.160. The smallest absolute Gasteiger partial charge is 0.287 e. The summed E-state index contributed by atoms with van der Waals surface area (Å²) >= 11 is 0. The summed E-state index contributed by atoms with van der Waals surface area (Å²) in [5.41, 5.74) is 7.79. The largest absolute Gasteiger partial charge is 0.507 e. The molecule has 0 aliphatic rings. The minimum absolute atomic E-state index is 0.109. The molecule has 0 radical (unpaired) electrons. The zero-order valence-corrected chi connectivity index (χ0v) is 18.7. The maximum atomic E-state index is 12.1. The molecule has 1 atom stereocenters. The molecule has 1 aromatic heterocycles. The quantitative estimate of drug-likeness (QED) is 0.367. The Balaban J connectivity index is 1.84. The highest BCUT2D eigenvalue weighted by Gasteiger charge is 2.25. The van der Waals surface area contributed by atoms with Crippen molar-refractivity contribution >= 4 is 5.91 Å². The number of nitrogens with zero attached hydrogens (tertiary/aromatic N) is 3. The SMILES string of the molecule is COc1ccc(-n2c(C(N)=O)nnc2-c2cc(C(Cc3ccccc3)OC)c(O)cc2O)cc1. The van der Waals surface area contributed by atoms with Crippen molar-refractivity contribution in [3.63, 3.8) is 0 Å². The summed E-state index contributed by atoms with van der Waals surface area (Å²) in [6.07, 6.45) is -0.0120. The van der Waals surface area contributed by atoms with Crippen LogP contribution in [0, 0.1) is 0 Å². The Morgan fingerprint density at radius 3 is 2.32 bits per heavy atom. The predicted molar refractivity (Wildman–Crippen MR) is 125 cm³/mol. The molecule has 9 heteroatoms. The molecule has 9 nitrogen and oxygen atoms in total. The summed E-state index contributed by atoms with van der Waals surface area (Å²) in [5, 5.41) is 29.4. The van der Waals surface area contributed by atoms with Crippen molar-refractivity contribution in [2.45, 2.75) is 12.5 Å². The summed E-state index contributed by atoms with van der Waals surface area (Å²) in [4.78, 5) is 12.1. The lowest BCUT2D eigenvalue weighted by molar-refractivity contribution is 0.0988. The van der Waals surface area contributed by atoms with Gasteiger partial charge in [0, 0.05) is 30.8 Å². The van der Waals surface area contributed by atoms with E-state index in [2.05, 4.69) is 10.2 Å². The minimum Gasteiger partial charge on any atom is -0.507 e. The number of hydrogen-bond donors (Lipinski definition) is 3. The first-order chi connectivity index (χ1) is 16.4. The van der Waals surface area contributed by atoms with E-state index in [9.17, 15) is 15.0 Å². The number of aromatic nitrogens is 3. The number of amides is 1. The Hall–Kier alpha value is -4.37. The molecule has 0 bridgehead atoms. The minimum atomic E-state index is -0.785. The molecule has 0 saturated carbocycles. The second-order valence-electron chi connectivity index (χ2n) is 7.59. The number of rotatable bonds is 8. The van der Waals surface area contributed by atoms with Crippen LogP contribution >= 0.6 is 0 Å². The molecule has 4 rings (SSSR count). The van der Waals surface area contributed by atoms with E-state index < -0.39 is 12.0 Å². The van der Waals surface area contributed by atoms with Crippen LogP contribution in [0.15, 0.2) is 66.7 Å². The highest BCUT2D eigenvalue weighted by Crippen LogP contribution is 2.39. The molecular formula is C25H24N4O5. The molecule has 0 aliphatic carbocycles. The van der Waals surface area contributed by atoms with Gasteiger partial charge in [0.2, 0.25) is 5.82 Å². The lowest BCUT2D eigenvalue weighted by atomic mass is 9.97. The first kappa shape index (κ1) is 22.8. The average molecular weight is 460 g/mol. The van der Waals surface area contributed by atoms with Gasteiger partial charge in [0.15, 0.2) is 5.82 Å². The second-order valence-corrected chi connectivity index (χ2v) is 7.59. The van der Waals surface area contributed by atoms with Crippen LogP contribution in [-0.4, -0.2) is 45.1 Å². The van der Waals surface area contributed by atoms with Crippen LogP contribution in [0.2, 0.25) is 0 Å². The van der Waals surface area contributed by atoms with Crippen molar-refractivity contribution in [1.29, 1.82) is 0 Å². The molecule has 0 aliphatic heterocycles. The van der Waals surface area contributed by atoms with E-state index in [4.69, 9.17) is 15.2 Å². The first-order valence-electron chi connectivity index (χ1n) is 10.5. The van der Waals surface area contributed by atoms with Gasteiger partial charge in [0.05, 0.1) is 18.8 Å². The number of carbonyl (C=O) groups is 1. The van der Waals surface area contributed by atoms with Crippen LogP contribution in [0.25, 0.3) is 17.1 Å². The zero-order valence-electron chi connectivity index (χ0n) is 18.7. The number of nitrogens with two attached hydrogens (primary N) is 1. The van der Waals surface area contributed by atoms with Gasteiger partial charge in [0.1, 0.15) is 17.2 Å². The molecule has 34 heavy (non-hydrogen) atoms. The highest BCUT2D eigenvalue weighted by molar-refractivity contribution is 5.91. The molecule has 0 fully saturated rings. The fourth-order valence-corrected chi connectivity index (χ4v) is 3.77. The van der Waals surface area contributed by atoms with E-state index in [0.29, 0.717) is 23.4 Å². The molecule has 174 valence electrons.